The van der Waals surface area contributed by atoms with Gasteiger partial charge in [0.15, 0.2) is 11.0 Å². The minimum absolute atomic E-state index is 0.0113. The Morgan fingerprint density at radius 2 is 1.84 bits per heavy atom. The van der Waals surface area contributed by atoms with Crippen molar-refractivity contribution in [3.8, 4) is 0 Å². The van der Waals surface area contributed by atoms with Crippen molar-refractivity contribution < 1.29 is 4.79 Å². The van der Waals surface area contributed by atoms with Gasteiger partial charge in [-0.3, -0.25) is 9.89 Å². The largest absolute Gasteiger partial charge is 0.356 e. The standard InChI is InChI=1S/C22H27N7OS/c1-14-12-18(28-27-14)24-17-13-19(29-10-5-11-29)26-21(25-17)31-16-8-6-15(7-9-16)23-20(30)22(2,3)4/h6-9,12-13H,5,10-11H2,1-4H3,(H,23,30)(H2,24,25,26,27,28). The van der Waals surface area contributed by atoms with E-state index in [1.807, 2.05) is 64.1 Å². The van der Waals surface area contributed by atoms with E-state index in [-0.39, 0.29) is 5.91 Å². The molecule has 0 aliphatic carbocycles. The number of amides is 1. The summed E-state index contributed by atoms with van der Waals surface area (Å²) in [5, 5.41) is 14.0. The zero-order chi connectivity index (χ0) is 22.0. The molecule has 1 fully saturated rings. The van der Waals surface area contributed by atoms with Gasteiger partial charge in [0, 0.05) is 46.9 Å². The van der Waals surface area contributed by atoms with Crippen molar-refractivity contribution in [2.75, 3.05) is 28.6 Å². The SMILES string of the molecule is Cc1cc(Nc2cc(N3CCC3)nc(Sc3ccc(NC(=O)C(C)(C)C)cc3)n2)n[nH]1. The Kier molecular flexibility index (Phi) is 5.86. The van der Waals surface area contributed by atoms with Crippen LogP contribution < -0.4 is 15.5 Å². The van der Waals surface area contributed by atoms with Crippen LogP contribution in [-0.4, -0.2) is 39.2 Å². The molecule has 1 aliphatic rings. The third-order valence-corrected chi connectivity index (χ3v) is 5.71. The van der Waals surface area contributed by atoms with Gasteiger partial charge in [0.05, 0.1) is 0 Å². The maximum Gasteiger partial charge on any atom is 0.229 e. The lowest BCUT2D eigenvalue weighted by molar-refractivity contribution is -0.123. The number of rotatable bonds is 6. The molecule has 1 aromatic carbocycles. The van der Waals surface area contributed by atoms with Crippen LogP contribution in [0.5, 0.6) is 0 Å². The number of aromatic amines is 1. The van der Waals surface area contributed by atoms with Gasteiger partial charge in [0.25, 0.3) is 0 Å². The van der Waals surface area contributed by atoms with E-state index in [1.165, 1.54) is 18.2 Å². The minimum Gasteiger partial charge on any atom is -0.356 e. The fourth-order valence-electron chi connectivity index (χ4n) is 2.87. The van der Waals surface area contributed by atoms with Gasteiger partial charge < -0.3 is 15.5 Å². The first-order valence-electron chi connectivity index (χ1n) is 10.3. The Hall–Kier alpha value is -3.07. The van der Waals surface area contributed by atoms with Crippen LogP contribution >= 0.6 is 11.8 Å². The predicted molar refractivity (Wildman–Crippen MR) is 124 cm³/mol. The molecule has 4 rings (SSSR count). The van der Waals surface area contributed by atoms with Crippen molar-refractivity contribution >= 4 is 40.8 Å². The summed E-state index contributed by atoms with van der Waals surface area (Å²) in [5.74, 6) is 2.33. The molecule has 1 aliphatic heterocycles. The molecule has 8 nitrogen and oxygen atoms in total. The molecular weight excluding hydrogens is 410 g/mol. The molecule has 1 amide bonds. The Morgan fingerprint density at radius 1 is 1.10 bits per heavy atom. The lowest BCUT2D eigenvalue weighted by atomic mass is 9.95. The molecular formula is C22H27N7OS. The molecule has 3 aromatic rings. The second kappa shape index (κ2) is 8.58. The fraction of sp³-hybridized carbons (Fsp3) is 0.364. The summed E-state index contributed by atoms with van der Waals surface area (Å²) in [6.07, 6.45) is 1.18. The number of H-pyrrole nitrogens is 1. The van der Waals surface area contributed by atoms with Gasteiger partial charge in [-0.1, -0.05) is 20.8 Å². The smallest absolute Gasteiger partial charge is 0.229 e. The second-order valence-electron chi connectivity index (χ2n) is 8.63. The number of nitrogens with one attached hydrogen (secondary N) is 3. The van der Waals surface area contributed by atoms with Crippen LogP contribution in [0.3, 0.4) is 0 Å². The van der Waals surface area contributed by atoms with Crippen molar-refractivity contribution in [2.45, 2.75) is 44.2 Å². The fourth-order valence-corrected chi connectivity index (χ4v) is 3.64. The molecule has 3 heterocycles. The van der Waals surface area contributed by atoms with E-state index < -0.39 is 5.41 Å². The van der Waals surface area contributed by atoms with Crippen LogP contribution in [0.25, 0.3) is 0 Å². The zero-order valence-corrected chi connectivity index (χ0v) is 19.0. The molecule has 0 spiro atoms. The van der Waals surface area contributed by atoms with Gasteiger partial charge in [0.1, 0.15) is 11.6 Å². The molecule has 0 atom stereocenters. The molecule has 0 radical (unpaired) electrons. The molecule has 0 saturated carbocycles. The van der Waals surface area contributed by atoms with E-state index in [0.717, 1.165) is 41.0 Å². The maximum atomic E-state index is 12.2. The van der Waals surface area contributed by atoms with Crippen LogP contribution in [0, 0.1) is 12.3 Å². The normalized spacial score (nSPS) is 13.6. The molecule has 0 bridgehead atoms. The number of nitrogens with zero attached hydrogens (tertiary/aromatic N) is 4. The number of aryl methyl sites for hydroxylation is 1. The van der Waals surface area contributed by atoms with Crippen LogP contribution in [0.1, 0.15) is 32.9 Å². The summed E-state index contributed by atoms with van der Waals surface area (Å²) < 4.78 is 0. The van der Waals surface area contributed by atoms with Crippen LogP contribution in [0.15, 0.2) is 46.5 Å². The Labute approximate surface area is 186 Å². The van der Waals surface area contributed by atoms with Gasteiger partial charge >= 0.3 is 0 Å². The molecule has 2 aromatic heterocycles. The van der Waals surface area contributed by atoms with Gasteiger partial charge in [-0.2, -0.15) is 5.10 Å². The van der Waals surface area contributed by atoms with Crippen molar-refractivity contribution in [3.63, 3.8) is 0 Å². The predicted octanol–water partition coefficient (Wildman–Crippen LogP) is 4.60. The quantitative estimate of drug-likeness (QED) is 0.485. The molecule has 162 valence electrons. The van der Waals surface area contributed by atoms with E-state index in [1.54, 1.807) is 0 Å². The summed E-state index contributed by atoms with van der Waals surface area (Å²) in [7, 11) is 0. The highest BCUT2D eigenvalue weighted by Gasteiger charge is 2.21. The highest BCUT2D eigenvalue weighted by Crippen LogP contribution is 2.31. The van der Waals surface area contributed by atoms with Gasteiger partial charge in [-0.25, -0.2) is 9.97 Å². The Bertz CT molecular complexity index is 1070. The number of carbonyl (C=O) groups is 1. The lowest BCUT2D eigenvalue weighted by Gasteiger charge is -2.32. The number of carbonyl (C=O) groups excluding carboxylic acids is 1. The molecule has 1 saturated heterocycles. The van der Waals surface area contributed by atoms with Crippen LogP contribution in [0.4, 0.5) is 23.1 Å². The number of aromatic nitrogens is 4. The van der Waals surface area contributed by atoms with Gasteiger partial charge in [-0.05, 0) is 49.4 Å². The maximum absolute atomic E-state index is 12.2. The van der Waals surface area contributed by atoms with Crippen molar-refractivity contribution in [1.29, 1.82) is 0 Å². The van der Waals surface area contributed by atoms with Crippen LogP contribution in [-0.2, 0) is 4.79 Å². The first kappa shape index (κ1) is 21.2. The van der Waals surface area contributed by atoms with E-state index in [9.17, 15) is 4.79 Å². The summed E-state index contributed by atoms with van der Waals surface area (Å²) in [5.41, 5.74) is 1.32. The third kappa shape index (κ3) is 5.35. The van der Waals surface area contributed by atoms with E-state index in [4.69, 9.17) is 4.98 Å². The average molecular weight is 438 g/mol. The Balaban J connectivity index is 1.51. The van der Waals surface area contributed by atoms with Crippen LogP contribution in [0.2, 0.25) is 0 Å². The van der Waals surface area contributed by atoms with E-state index in [2.05, 4.69) is 30.7 Å². The number of anilines is 4. The first-order chi connectivity index (χ1) is 14.8. The number of benzene rings is 1. The summed E-state index contributed by atoms with van der Waals surface area (Å²) >= 11 is 1.49. The Morgan fingerprint density at radius 3 is 2.42 bits per heavy atom. The van der Waals surface area contributed by atoms with E-state index >= 15 is 0 Å². The van der Waals surface area contributed by atoms with Crippen molar-refractivity contribution in [3.05, 3.63) is 42.1 Å². The highest BCUT2D eigenvalue weighted by atomic mass is 32.2. The van der Waals surface area contributed by atoms with Crippen molar-refractivity contribution in [2.24, 2.45) is 5.41 Å². The summed E-state index contributed by atoms with van der Waals surface area (Å²) in [6, 6.07) is 11.6. The second-order valence-corrected chi connectivity index (χ2v) is 9.67. The van der Waals surface area contributed by atoms with Gasteiger partial charge in [-0.15, -0.1) is 0 Å². The topological polar surface area (TPSA) is 98.8 Å². The molecule has 9 heteroatoms. The number of hydrogen-bond donors (Lipinski definition) is 3. The highest BCUT2D eigenvalue weighted by molar-refractivity contribution is 7.99. The average Bonchev–Trinajstić information content (AvgIpc) is 3.05. The third-order valence-electron chi connectivity index (χ3n) is 4.84. The monoisotopic (exact) mass is 437 g/mol. The summed E-state index contributed by atoms with van der Waals surface area (Å²) in [6.45, 7) is 9.65. The first-order valence-corrected chi connectivity index (χ1v) is 11.1. The summed E-state index contributed by atoms with van der Waals surface area (Å²) in [4.78, 5) is 24.8. The van der Waals surface area contributed by atoms with Crippen molar-refractivity contribution in [1.82, 2.24) is 20.2 Å². The van der Waals surface area contributed by atoms with Gasteiger partial charge in [0.2, 0.25) is 5.91 Å². The molecule has 31 heavy (non-hydrogen) atoms. The number of hydrogen-bond acceptors (Lipinski definition) is 7. The van der Waals surface area contributed by atoms with E-state index in [0.29, 0.717) is 11.0 Å². The lowest BCUT2D eigenvalue weighted by Crippen LogP contribution is -2.37. The molecule has 0 unspecified atom stereocenters. The molecule has 3 N–H and O–H groups in total. The minimum atomic E-state index is -0.436. The zero-order valence-electron chi connectivity index (χ0n) is 18.2.